The number of aromatic nitrogens is 14. The van der Waals surface area contributed by atoms with Crippen LogP contribution in [-0.2, 0) is 0 Å². The zero-order valence-corrected chi connectivity index (χ0v) is 22.4. The van der Waals surface area contributed by atoms with Gasteiger partial charge in [-0.2, -0.15) is 10.2 Å². The van der Waals surface area contributed by atoms with E-state index in [-0.39, 0.29) is 0 Å². The number of rotatable bonds is 0. The van der Waals surface area contributed by atoms with Gasteiger partial charge in [0.1, 0.15) is 29.9 Å². The average Bonchev–Trinajstić information content (AvgIpc) is 3.95. The van der Waals surface area contributed by atoms with E-state index in [1.54, 1.807) is 71.4 Å². The molecule has 0 bridgehead atoms. The van der Waals surface area contributed by atoms with Crippen molar-refractivity contribution in [2.24, 2.45) is 0 Å². The van der Waals surface area contributed by atoms with Gasteiger partial charge in [-0.05, 0) is 18.2 Å². The van der Waals surface area contributed by atoms with E-state index in [2.05, 4.69) is 79.5 Å². The highest BCUT2D eigenvalue weighted by molar-refractivity contribution is 7.07. The molecule has 0 radical (unpaired) electrons. The largest absolute Gasteiger partial charge is 0.452 e. The molecule has 0 unspecified atom stereocenters. The molecule has 0 fully saturated rings. The van der Waals surface area contributed by atoms with Gasteiger partial charge in [-0.15, -0.1) is 43.1 Å². The van der Waals surface area contributed by atoms with Crippen LogP contribution < -0.4 is 0 Å². The maximum Gasteiger partial charge on any atom is 0.203 e. The Hall–Kier alpha value is -5.62. The number of hydrogen-bond acceptors (Lipinski definition) is 14. The van der Waals surface area contributed by atoms with Gasteiger partial charge in [0.05, 0.1) is 18.0 Å². The first-order valence-corrected chi connectivity index (χ1v) is 12.6. The summed E-state index contributed by atoms with van der Waals surface area (Å²) >= 11 is 3.09. The lowest BCUT2D eigenvalue weighted by Gasteiger charge is -1.49. The summed E-state index contributed by atoms with van der Waals surface area (Å²) in [5.41, 5.74) is 5.15. The fraction of sp³-hybridized carbons (Fsp3) is 0. The Morgan fingerprint density at radius 3 is 1.57 bits per heavy atom. The molecule has 0 aliphatic heterocycles. The Morgan fingerprint density at radius 1 is 0.525 bits per heavy atom. The maximum absolute atomic E-state index is 4.47. The molecule has 8 heterocycles. The monoisotopic (exact) mass is 582 g/mol. The van der Waals surface area contributed by atoms with E-state index in [1.165, 1.54) is 49.4 Å². The number of imidazole rings is 1. The third-order valence-electron chi connectivity index (χ3n) is 2.90. The zero-order valence-electron chi connectivity index (χ0n) is 20.8. The number of H-pyrrole nitrogens is 4. The molecule has 0 spiro atoms. The van der Waals surface area contributed by atoms with Crippen molar-refractivity contribution in [2.45, 2.75) is 0 Å². The maximum atomic E-state index is 4.47. The highest BCUT2D eigenvalue weighted by Gasteiger charge is 1.62. The van der Waals surface area contributed by atoms with Crippen LogP contribution in [-0.4, -0.2) is 70.7 Å². The smallest absolute Gasteiger partial charge is 0.203 e. The van der Waals surface area contributed by atoms with E-state index in [9.17, 15) is 0 Å². The van der Waals surface area contributed by atoms with Gasteiger partial charge in [-0.3, -0.25) is 15.2 Å². The van der Waals surface area contributed by atoms with Crippen LogP contribution in [0.1, 0.15) is 0 Å². The second-order valence-electron chi connectivity index (χ2n) is 5.57. The van der Waals surface area contributed by atoms with Crippen LogP contribution in [0.5, 0.6) is 0 Å². The molecule has 8 aromatic rings. The topological polar surface area (TPSA) is 218 Å². The summed E-state index contributed by atoms with van der Waals surface area (Å²) in [4.78, 5) is 20.1. The van der Waals surface area contributed by atoms with Crippen LogP contribution in [0.2, 0.25) is 0 Å². The lowest BCUT2D eigenvalue weighted by molar-refractivity contribution is 0.553. The first-order valence-electron chi connectivity index (χ1n) is 10.7. The van der Waals surface area contributed by atoms with Crippen molar-refractivity contribution in [3.05, 3.63) is 134 Å². The Morgan fingerprint density at radius 2 is 1.38 bits per heavy atom. The van der Waals surface area contributed by atoms with Gasteiger partial charge in [-0.1, -0.05) is 0 Å². The van der Waals surface area contributed by atoms with Crippen molar-refractivity contribution in [3.8, 4) is 0 Å². The number of nitrogens with one attached hydrogen (secondary N) is 4. The zero-order chi connectivity index (χ0) is 28.3. The molecule has 8 aromatic heterocycles. The molecule has 0 saturated heterocycles. The molecule has 8 rings (SSSR count). The van der Waals surface area contributed by atoms with Gasteiger partial charge < -0.3 is 18.8 Å². The van der Waals surface area contributed by atoms with Crippen molar-refractivity contribution in [1.82, 2.24) is 70.7 Å². The normalized spacial score (nSPS) is 8.00. The fourth-order valence-corrected chi connectivity index (χ4v) is 2.12. The van der Waals surface area contributed by atoms with Crippen LogP contribution in [0.25, 0.3) is 0 Å². The molecule has 0 atom stereocenters. The molecule has 18 heteroatoms. The fourth-order valence-electron chi connectivity index (χ4n) is 1.50. The van der Waals surface area contributed by atoms with Gasteiger partial charge in [0.25, 0.3) is 0 Å². The molecule has 0 aliphatic rings. The van der Waals surface area contributed by atoms with Crippen molar-refractivity contribution in [2.75, 3.05) is 0 Å². The van der Waals surface area contributed by atoms with Crippen LogP contribution in [0.3, 0.4) is 0 Å². The predicted octanol–water partition coefficient (Wildman–Crippen LogP) is 4.06. The molecular formula is C22H26N14O2S2. The van der Waals surface area contributed by atoms with Gasteiger partial charge >= 0.3 is 0 Å². The summed E-state index contributed by atoms with van der Waals surface area (Å²) in [5.74, 6) is 0. The summed E-state index contributed by atoms with van der Waals surface area (Å²) in [6, 6.07) is 5.72. The Kier molecular flexibility index (Phi) is 24.0. The van der Waals surface area contributed by atoms with Crippen molar-refractivity contribution >= 4 is 22.7 Å². The summed E-state index contributed by atoms with van der Waals surface area (Å²) in [7, 11) is 0. The SMILES string of the molecule is c1c[nH]cn1.c1cc[nH]c1.c1cn[nH]c1.c1cocn1.c1cscn1.c1nc[nH]n1.c1nnco1.c1nncs1. The summed E-state index contributed by atoms with van der Waals surface area (Å²) in [5, 5.41) is 27.7. The molecule has 0 saturated carbocycles. The second kappa shape index (κ2) is 29.6. The van der Waals surface area contributed by atoms with E-state index in [4.69, 9.17) is 0 Å². The van der Waals surface area contributed by atoms with Gasteiger partial charge in [-0.25, -0.2) is 15.0 Å². The summed E-state index contributed by atoms with van der Waals surface area (Å²) in [6.45, 7) is 0. The van der Waals surface area contributed by atoms with E-state index < -0.39 is 0 Å². The predicted molar refractivity (Wildman–Crippen MR) is 147 cm³/mol. The standard InChI is InChI=1S/C4H5N.2C3H4N2.C3H3NO.C3H3NS.C2H3N3.C2H2N2O.C2H2N2S/c1-2-4-5-3-1;1-2-5-3-4-1;1-2-4-5-3-1;2*1-2-5-3-4-1;1-3-2-5-4-1;2*1-3-4-2-5-1/h1-5H;2*1-3H,(H,4,5);2*1-3H;1-2H,(H,3,4,5);2*1-2H. The van der Waals surface area contributed by atoms with Crippen LogP contribution in [0.4, 0.5) is 0 Å². The van der Waals surface area contributed by atoms with E-state index in [0.29, 0.717) is 0 Å². The first-order chi connectivity index (χ1) is 20.0. The Bertz CT molecular complexity index is 825. The molecule has 0 amide bonds. The second-order valence-corrected chi connectivity index (χ2v) is 7.02. The highest BCUT2D eigenvalue weighted by atomic mass is 32.1. The van der Waals surface area contributed by atoms with Crippen LogP contribution >= 0.6 is 22.7 Å². The number of hydrogen-bond donors (Lipinski definition) is 4. The molecule has 40 heavy (non-hydrogen) atoms. The lowest BCUT2D eigenvalue weighted by Crippen LogP contribution is -1.53. The third-order valence-corrected chi connectivity index (χ3v) is 3.85. The highest BCUT2D eigenvalue weighted by Crippen LogP contribution is 1.86. The number of aromatic amines is 4. The molecule has 4 N–H and O–H groups in total. The average molecular weight is 583 g/mol. The molecule has 0 aliphatic carbocycles. The van der Waals surface area contributed by atoms with Crippen molar-refractivity contribution in [1.29, 1.82) is 0 Å². The molecular weight excluding hydrogens is 556 g/mol. The van der Waals surface area contributed by atoms with Gasteiger partial charge in [0.2, 0.25) is 12.8 Å². The number of thiazole rings is 1. The van der Waals surface area contributed by atoms with E-state index in [0.717, 1.165) is 0 Å². The van der Waals surface area contributed by atoms with E-state index >= 15 is 0 Å². The Balaban J connectivity index is 0.000000229. The first kappa shape index (κ1) is 32.4. The third kappa shape index (κ3) is 27.0. The quantitative estimate of drug-likeness (QED) is 0.199. The van der Waals surface area contributed by atoms with Crippen LogP contribution in [0.15, 0.2) is 143 Å². The van der Waals surface area contributed by atoms with Crippen LogP contribution in [0, 0.1) is 0 Å². The van der Waals surface area contributed by atoms with Crippen molar-refractivity contribution < 1.29 is 8.83 Å². The summed E-state index contributed by atoms with van der Waals surface area (Å²) < 4.78 is 8.83. The molecule has 208 valence electrons. The van der Waals surface area contributed by atoms with Gasteiger partial charge in [0, 0.05) is 48.8 Å². The van der Waals surface area contributed by atoms with Gasteiger partial charge in [0.15, 0.2) is 6.39 Å². The van der Waals surface area contributed by atoms with Crippen molar-refractivity contribution in [3.63, 3.8) is 0 Å². The minimum absolute atomic E-state index is 1.26. The lowest BCUT2D eigenvalue weighted by atomic mass is 10.7. The number of nitrogens with zero attached hydrogens (tertiary/aromatic N) is 10. The minimum Gasteiger partial charge on any atom is -0.452 e. The minimum atomic E-state index is 1.26. The Labute approximate surface area is 236 Å². The molecule has 16 nitrogen and oxygen atoms in total. The molecule has 0 aromatic carbocycles. The summed E-state index contributed by atoms with van der Waals surface area (Å²) in [6.07, 6.45) is 24.0. The number of oxazole rings is 1. The van der Waals surface area contributed by atoms with E-state index in [1.807, 2.05) is 36.0 Å².